The van der Waals surface area contributed by atoms with Gasteiger partial charge in [0.05, 0.1) is 23.1 Å². The van der Waals surface area contributed by atoms with Gasteiger partial charge in [0, 0.05) is 65.0 Å². The second-order valence-corrected chi connectivity index (χ2v) is 8.23. The van der Waals surface area contributed by atoms with Crippen LogP contribution in [-0.2, 0) is 9.57 Å². The smallest absolute Gasteiger partial charge is 0.410 e. The van der Waals surface area contributed by atoms with Gasteiger partial charge in [0.15, 0.2) is 0 Å². The maximum Gasteiger partial charge on any atom is 0.410 e. The molecule has 3 rings (SSSR count). The maximum absolute atomic E-state index is 14.5. The number of benzene rings is 1. The molecule has 0 saturated carbocycles. The highest BCUT2D eigenvalue weighted by molar-refractivity contribution is 5.94. The molecule has 1 aromatic rings. The van der Waals surface area contributed by atoms with E-state index in [-0.39, 0.29) is 29.6 Å². The lowest BCUT2D eigenvalue weighted by molar-refractivity contribution is 0.00415. The molecule has 2 amide bonds. The van der Waals surface area contributed by atoms with E-state index in [0.717, 1.165) is 17.8 Å². The van der Waals surface area contributed by atoms with Crippen LogP contribution in [0, 0.1) is 11.6 Å². The Morgan fingerprint density at radius 2 is 1.75 bits per heavy atom. The quantitative estimate of drug-likeness (QED) is 0.693. The number of piperidine rings is 2. The predicted molar refractivity (Wildman–Crippen MR) is 116 cm³/mol. The number of ether oxygens (including phenoxy) is 1. The molecule has 8 nitrogen and oxygen atoms in total. The van der Waals surface area contributed by atoms with E-state index in [4.69, 9.17) is 9.57 Å². The second kappa shape index (κ2) is 10.6. The number of rotatable bonds is 5. The normalized spacial score (nSPS) is 17.4. The van der Waals surface area contributed by atoms with Crippen LogP contribution >= 0.6 is 0 Å². The summed E-state index contributed by atoms with van der Waals surface area (Å²) in [6.07, 6.45) is 1.98. The van der Waals surface area contributed by atoms with Crippen molar-refractivity contribution in [2.75, 3.05) is 38.1 Å². The molecule has 2 aliphatic heterocycles. The lowest BCUT2D eigenvalue weighted by atomic mass is 10.1. The fourth-order valence-corrected chi connectivity index (χ4v) is 3.75. The summed E-state index contributed by atoms with van der Waals surface area (Å²) in [5.41, 5.74) is 0.687. The van der Waals surface area contributed by atoms with Crippen molar-refractivity contribution in [3.63, 3.8) is 0 Å². The van der Waals surface area contributed by atoms with Crippen LogP contribution in [-0.4, -0.2) is 68.0 Å². The highest BCUT2D eigenvalue weighted by Crippen LogP contribution is 2.26. The third-order valence-corrected chi connectivity index (χ3v) is 5.56. The van der Waals surface area contributed by atoms with E-state index in [2.05, 4.69) is 10.5 Å². The number of anilines is 1. The number of nitrogens with one attached hydrogen (secondary N) is 1. The third kappa shape index (κ3) is 5.86. The van der Waals surface area contributed by atoms with Crippen molar-refractivity contribution in [3.8, 4) is 0 Å². The third-order valence-electron chi connectivity index (χ3n) is 5.56. The minimum atomic E-state index is -0.757. The number of hydrogen-bond acceptors (Lipinski definition) is 6. The van der Waals surface area contributed by atoms with E-state index >= 15 is 0 Å². The number of likely N-dealkylation sites (tertiary alicyclic amines) is 1. The Hall–Kier alpha value is -2.91. The van der Waals surface area contributed by atoms with Crippen molar-refractivity contribution in [1.29, 1.82) is 0 Å². The topological polar surface area (TPSA) is 83.5 Å². The lowest BCUT2D eigenvalue weighted by Gasteiger charge is -2.32. The van der Waals surface area contributed by atoms with Gasteiger partial charge in [-0.15, -0.1) is 0 Å². The molecular formula is C22H30F2N4O4. The Balaban J connectivity index is 1.49. The van der Waals surface area contributed by atoms with Gasteiger partial charge in [-0.05, 0) is 19.9 Å². The summed E-state index contributed by atoms with van der Waals surface area (Å²) in [5, 5.41) is 6.57. The van der Waals surface area contributed by atoms with Crippen molar-refractivity contribution in [2.45, 2.75) is 51.7 Å². The first kappa shape index (κ1) is 23.7. The number of carbonyl (C=O) groups is 2. The summed E-state index contributed by atoms with van der Waals surface area (Å²) in [5.74, 6) is -2.06. The number of halogens is 2. The van der Waals surface area contributed by atoms with E-state index in [1.807, 2.05) is 13.8 Å². The van der Waals surface area contributed by atoms with Crippen LogP contribution < -0.4 is 10.2 Å². The summed E-state index contributed by atoms with van der Waals surface area (Å²) in [7, 11) is 1.37. The SMILES string of the molecule is CNC(=O)c1cc(F)c(N2CCC(=NOC3CCN(C(=O)OC(C)C)CC3)CC2)cc1F. The van der Waals surface area contributed by atoms with E-state index in [0.29, 0.717) is 51.9 Å². The van der Waals surface area contributed by atoms with Gasteiger partial charge >= 0.3 is 6.09 Å². The van der Waals surface area contributed by atoms with Crippen LogP contribution in [0.4, 0.5) is 19.3 Å². The molecule has 2 aliphatic rings. The van der Waals surface area contributed by atoms with Crippen LogP contribution in [0.15, 0.2) is 17.3 Å². The molecule has 2 saturated heterocycles. The average molecular weight is 453 g/mol. The Morgan fingerprint density at radius 1 is 1.09 bits per heavy atom. The summed E-state index contributed by atoms with van der Waals surface area (Å²) >= 11 is 0. The molecule has 2 fully saturated rings. The molecule has 0 unspecified atom stereocenters. The van der Waals surface area contributed by atoms with Crippen LogP contribution in [0.1, 0.15) is 49.9 Å². The Morgan fingerprint density at radius 3 is 2.34 bits per heavy atom. The van der Waals surface area contributed by atoms with Crippen molar-refractivity contribution in [3.05, 3.63) is 29.3 Å². The predicted octanol–water partition coefficient (Wildman–Crippen LogP) is 3.31. The maximum atomic E-state index is 14.5. The van der Waals surface area contributed by atoms with Crippen molar-refractivity contribution in [2.24, 2.45) is 5.16 Å². The summed E-state index contributed by atoms with van der Waals surface area (Å²) in [6.45, 7) is 5.70. The molecule has 32 heavy (non-hydrogen) atoms. The molecular weight excluding hydrogens is 422 g/mol. The van der Waals surface area contributed by atoms with Crippen LogP contribution in [0.5, 0.6) is 0 Å². The van der Waals surface area contributed by atoms with Crippen molar-refractivity contribution in [1.82, 2.24) is 10.2 Å². The zero-order valence-electron chi connectivity index (χ0n) is 18.7. The van der Waals surface area contributed by atoms with Gasteiger partial charge < -0.3 is 24.7 Å². The summed E-state index contributed by atoms with van der Waals surface area (Å²) in [6, 6.07) is 2.00. The fraction of sp³-hybridized carbons (Fsp3) is 0.591. The first-order chi connectivity index (χ1) is 15.3. The second-order valence-electron chi connectivity index (χ2n) is 8.23. The van der Waals surface area contributed by atoms with Gasteiger partial charge in [-0.3, -0.25) is 4.79 Å². The Bertz CT molecular complexity index is 860. The molecule has 176 valence electrons. The molecule has 2 heterocycles. The minimum absolute atomic E-state index is 0.0626. The molecule has 1 aromatic carbocycles. The van der Waals surface area contributed by atoms with Gasteiger partial charge in [0.1, 0.15) is 17.7 Å². The minimum Gasteiger partial charge on any atom is -0.447 e. The molecule has 0 bridgehead atoms. The largest absolute Gasteiger partial charge is 0.447 e. The zero-order valence-corrected chi connectivity index (χ0v) is 18.7. The van der Waals surface area contributed by atoms with E-state index in [1.54, 1.807) is 9.80 Å². The van der Waals surface area contributed by atoms with Crippen LogP contribution in [0.25, 0.3) is 0 Å². The number of oxime groups is 1. The number of carbonyl (C=O) groups excluding carboxylic acids is 2. The lowest BCUT2D eigenvalue weighted by Crippen LogP contribution is -2.41. The first-order valence-corrected chi connectivity index (χ1v) is 10.9. The van der Waals surface area contributed by atoms with Gasteiger partial charge in [-0.1, -0.05) is 5.16 Å². The molecule has 1 N–H and O–H groups in total. The Labute approximate surface area is 186 Å². The van der Waals surface area contributed by atoms with E-state index in [1.165, 1.54) is 7.05 Å². The van der Waals surface area contributed by atoms with Crippen molar-refractivity contribution < 1.29 is 27.9 Å². The molecule has 0 aromatic heterocycles. The van der Waals surface area contributed by atoms with Gasteiger partial charge in [-0.25, -0.2) is 13.6 Å². The highest BCUT2D eigenvalue weighted by Gasteiger charge is 2.26. The Kier molecular flexibility index (Phi) is 7.87. The van der Waals surface area contributed by atoms with E-state index in [9.17, 15) is 18.4 Å². The fourth-order valence-electron chi connectivity index (χ4n) is 3.75. The standard InChI is InChI=1S/C22H30F2N4O4/c1-14(2)31-22(30)28-10-6-16(7-11-28)32-26-15-4-8-27(9-5-15)20-13-18(23)17(12-19(20)24)21(29)25-3/h12-14,16H,4-11H2,1-3H3,(H,25,29). The van der Waals surface area contributed by atoms with Crippen LogP contribution in [0.3, 0.4) is 0 Å². The first-order valence-electron chi connectivity index (χ1n) is 10.9. The number of amides is 2. The zero-order chi connectivity index (χ0) is 23.3. The molecule has 0 atom stereocenters. The molecule has 10 heteroatoms. The summed E-state index contributed by atoms with van der Waals surface area (Å²) in [4.78, 5) is 32.7. The number of hydrogen-bond donors (Lipinski definition) is 1. The van der Waals surface area contributed by atoms with Gasteiger partial charge in [0.2, 0.25) is 0 Å². The monoisotopic (exact) mass is 452 g/mol. The van der Waals surface area contributed by atoms with Gasteiger partial charge in [0.25, 0.3) is 5.91 Å². The molecule has 0 spiro atoms. The molecule has 0 radical (unpaired) electrons. The molecule has 0 aliphatic carbocycles. The van der Waals surface area contributed by atoms with E-state index < -0.39 is 17.5 Å². The van der Waals surface area contributed by atoms with Crippen molar-refractivity contribution >= 4 is 23.4 Å². The number of nitrogens with zero attached hydrogens (tertiary/aromatic N) is 3. The average Bonchev–Trinajstić information content (AvgIpc) is 2.78. The van der Waals surface area contributed by atoms with Crippen LogP contribution in [0.2, 0.25) is 0 Å². The summed E-state index contributed by atoms with van der Waals surface area (Å²) < 4.78 is 33.9. The highest BCUT2D eigenvalue weighted by atomic mass is 19.1. The van der Waals surface area contributed by atoms with Gasteiger partial charge in [-0.2, -0.15) is 0 Å².